The summed E-state index contributed by atoms with van der Waals surface area (Å²) in [6, 6.07) is 12.2. The topological polar surface area (TPSA) is 194 Å². The Bertz CT molecular complexity index is 1490. The molecule has 0 saturated heterocycles. The molecule has 13 heteroatoms. The number of aliphatic carboxylic acids is 1. The summed E-state index contributed by atoms with van der Waals surface area (Å²) in [4.78, 5) is 32.9. The van der Waals surface area contributed by atoms with Gasteiger partial charge in [-0.25, -0.2) is 14.8 Å². The number of carboxylic acids is 1. The van der Waals surface area contributed by atoms with Gasteiger partial charge in [-0.1, -0.05) is 0 Å². The highest BCUT2D eigenvalue weighted by atomic mass is 16.5. The van der Waals surface area contributed by atoms with Crippen LogP contribution in [0.4, 0.5) is 5.69 Å². The molecule has 202 valence electrons. The number of hydrogen-bond donors (Lipinski definition) is 5. The van der Waals surface area contributed by atoms with Crippen LogP contribution >= 0.6 is 0 Å². The lowest BCUT2D eigenvalue weighted by molar-refractivity contribution is -0.134. The highest BCUT2D eigenvalue weighted by Gasteiger charge is 2.25. The predicted octanol–water partition coefficient (Wildman–Crippen LogP) is 2.26. The average Bonchev–Trinajstić information content (AvgIpc) is 3.32. The maximum atomic E-state index is 12.8. The quantitative estimate of drug-likeness (QED) is 0.174. The molecule has 0 unspecified atom stereocenters. The minimum absolute atomic E-state index is 0.0153. The molecule has 4 aromatic rings. The van der Waals surface area contributed by atoms with Crippen LogP contribution in [0.25, 0.3) is 5.95 Å². The van der Waals surface area contributed by atoms with Gasteiger partial charge in [0.15, 0.2) is 17.3 Å². The summed E-state index contributed by atoms with van der Waals surface area (Å²) >= 11 is 0. The Balaban J connectivity index is 0.000000826. The van der Waals surface area contributed by atoms with Crippen molar-refractivity contribution in [2.75, 3.05) is 19.0 Å². The van der Waals surface area contributed by atoms with Gasteiger partial charge in [0.2, 0.25) is 0 Å². The van der Waals surface area contributed by atoms with Gasteiger partial charge < -0.3 is 25.6 Å². The van der Waals surface area contributed by atoms with Crippen molar-refractivity contribution in [1.82, 2.24) is 24.7 Å². The fourth-order valence-electron chi connectivity index (χ4n) is 4.02. The summed E-state index contributed by atoms with van der Waals surface area (Å²) in [5, 5.41) is 23.0. The van der Waals surface area contributed by atoms with Crippen LogP contribution in [-0.2, 0) is 11.2 Å². The lowest BCUT2D eigenvalue weighted by Crippen LogP contribution is -2.18. The first-order chi connectivity index (χ1) is 18.8. The summed E-state index contributed by atoms with van der Waals surface area (Å²) in [5.41, 5.74) is 8.35. The van der Waals surface area contributed by atoms with E-state index in [1.807, 2.05) is 24.3 Å². The molecule has 0 fully saturated rings. The molecule has 2 aromatic heterocycles. The van der Waals surface area contributed by atoms with E-state index in [4.69, 9.17) is 30.5 Å². The highest BCUT2D eigenvalue weighted by Crippen LogP contribution is 2.39. The Morgan fingerprint density at radius 1 is 1.26 bits per heavy atom. The van der Waals surface area contributed by atoms with E-state index in [9.17, 15) is 4.79 Å². The number of carboxylic acid groups (broad SMARTS) is 1. The third-order valence-electron chi connectivity index (χ3n) is 5.70. The number of nitrogen functional groups attached to an aromatic ring is 1. The second kappa shape index (κ2) is 11.9. The number of fused-ring (bicyclic) bond motifs is 1. The predicted molar refractivity (Wildman–Crippen MR) is 143 cm³/mol. The van der Waals surface area contributed by atoms with Gasteiger partial charge >= 0.3 is 5.69 Å². The molecule has 3 heterocycles. The Labute approximate surface area is 223 Å². The van der Waals surface area contributed by atoms with Gasteiger partial charge in [-0.2, -0.15) is 0 Å². The number of carbonyl (C=O) groups is 1. The summed E-state index contributed by atoms with van der Waals surface area (Å²) in [6.45, 7) is 1.72. The summed E-state index contributed by atoms with van der Waals surface area (Å²) in [6.07, 6.45) is 4.84. The highest BCUT2D eigenvalue weighted by molar-refractivity contribution is 5.95. The molecule has 0 bridgehead atoms. The number of nitrogens with two attached hydrogens (primary N) is 1. The number of anilines is 1. The SMILES string of the molecule is CC(=O)O.COc1cc([C@H](Nc2ccc(C(=N)N)cc2)c2nn(-c3ncccn3)c(=O)[nH]2)cc2c1OCCC2. The van der Waals surface area contributed by atoms with E-state index in [0.717, 1.165) is 47.0 Å². The normalized spacial score (nSPS) is 12.7. The molecule has 0 radical (unpaired) electrons. The van der Waals surface area contributed by atoms with Crippen LogP contribution in [0.5, 0.6) is 11.5 Å². The first-order valence-corrected chi connectivity index (χ1v) is 12.0. The van der Waals surface area contributed by atoms with Crippen molar-refractivity contribution in [3.63, 3.8) is 0 Å². The molecule has 1 aliphatic rings. The number of nitrogens with zero attached hydrogens (tertiary/aromatic N) is 4. The third-order valence-corrected chi connectivity index (χ3v) is 5.70. The maximum Gasteiger partial charge on any atom is 0.350 e. The van der Waals surface area contributed by atoms with E-state index in [2.05, 4.69) is 25.4 Å². The number of aryl methyl sites for hydroxylation is 1. The Morgan fingerprint density at radius 2 is 1.95 bits per heavy atom. The zero-order chi connectivity index (χ0) is 27.9. The van der Waals surface area contributed by atoms with Crippen molar-refractivity contribution in [3.8, 4) is 17.4 Å². The minimum atomic E-state index is -0.833. The van der Waals surface area contributed by atoms with E-state index < -0.39 is 17.7 Å². The van der Waals surface area contributed by atoms with Gasteiger partial charge in [0, 0.05) is 30.6 Å². The molecule has 1 atom stereocenters. The van der Waals surface area contributed by atoms with E-state index in [1.165, 1.54) is 0 Å². The second-order valence-electron chi connectivity index (χ2n) is 8.53. The molecule has 0 spiro atoms. The molecule has 2 aromatic carbocycles. The fraction of sp³-hybridized carbons (Fsp3) is 0.231. The molecule has 6 N–H and O–H groups in total. The molecular weight excluding hydrogens is 504 g/mol. The maximum absolute atomic E-state index is 12.8. The molecule has 5 rings (SSSR count). The van der Waals surface area contributed by atoms with Gasteiger partial charge in [0.05, 0.1) is 13.7 Å². The van der Waals surface area contributed by atoms with Crippen molar-refractivity contribution in [3.05, 3.63) is 87.9 Å². The number of hydrogen-bond acceptors (Lipinski definition) is 9. The van der Waals surface area contributed by atoms with Crippen LogP contribution < -0.4 is 26.2 Å². The molecular formula is C26H28N8O5. The van der Waals surface area contributed by atoms with Gasteiger partial charge in [0.25, 0.3) is 11.9 Å². The fourth-order valence-corrected chi connectivity index (χ4v) is 4.02. The molecule has 39 heavy (non-hydrogen) atoms. The Morgan fingerprint density at radius 3 is 2.59 bits per heavy atom. The van der Waals surface area contributed by atoms with Gasteiger partial charge in [-0.3, -0.25) is 15.2 Å². The summed E-state index contributed by atoms with van der Waals surface area (Å²) < 4.78 is 12.6. The van der Waals surface area contributed by atoms with Crippen molar-refractivity contribution in [1.29, 1.82) is 5.41 Å². The Hall–Kier alpha value is -5.20. The monoisotopic (exact) mass is 532 g/mol. The summed E-state index contributed by atoms with van der Waals surface area (Å²) in [7, 11) is 1.60. The number of nitrogens with one attached hydrogen (secondary N) is 3. The van der Waals surface area contributed by atoms with Gasteiger partial charge in [-0.05, 0) is 66.4 Å². The number of ether oxygens (including phenoxy) is 2. The smallest absolute Gasteiger partial charge is 0.350 e. The first-order valence-electron chi connectivity index (χ1n) is 12.0. The Kier molecular flexibility index (Phi) is 8.19. The standard InChI is InChI=1S/C24H24N8O3.C2H4O2/c1-34-18-13-16(12-15-4-2-11-35-20(15)18)19(29-17-7-5-14(6-8-17)21(25)26)22-30-24(33)32(31-22)23-27-9-3-10-28-23;1-2(3)4/h3,5-10,12-13,19,29H,2,4,11H2,1H3,(H3,25,26)(H,30,31,33);1H3,(H,3,4)/t19-;/m0./s1. The number of aromatic nitrogens is 5. The van der Waals surface area contributed by atoms with Crippen LogP contribution in [0.2, 0.25) is 0 Å². The van der Waals surface area contributed by atoms with Gasteiger partial charge in [-0.15, -0.1) is 9.78 Å². The number of H-pyrrole nitrogens is 1. The molecule has 0 aliphatic carbocycles. The molecule has 0 saturated carbocycles. The van der Waals surface area contributed by atoms with Crippen molar-refractivity contribution >= 4 is 17.5 Å². The zero-order valence-corrected chi connectivity index (χ0v) is 21.3. The van der Waals surface area contributed by atoms with E-state index in [1.54, 1.807) is 37.7 Å². The number of aromatic amines is 1. The largest absolute Gasteiger partial charge is 0.493 e. The van der Waals surface area contributed by atoms with E-state index in [0.29, 0.717) is 23.7 Å². The van der Waals surface area contributed by atoms with Crippen LogP contribution in [0.3, 0.4) is 0 Å². The van der Waals surface area contributed by atoms with E-state index >= 15 is 0 Å². The number of methoxy groups -OCH3 is 1. The molecule has 13 nitrogen and oxygen atoms in total. The van der Waals surface area contributed by atoms with Gasteiger partial charge in [0.1, 0.15) is 11.9 Å². The lowest BCUT2D eigenvalue weighted by atomic mass is 9.97. The minimum Gasteiger partial charge on any atom is -0.493 e. The number of amidine groups is 1. The third kappa shape index (κ3) is 6.39. The van der Waals surface area contributed by atoms with Crippen LogP contribution in [0, 0.1) is 5.41 Å². The van der Waals surface area contributed by atoms with Crippen molar-refractivity contribution in [2.24, 2.45) is 5.73 Å². The number of benzene rings is 2. The van der Waals surface area contributed by atoms with Crippen LogP contribution in [0.1, 0.15) is 41.9 Å². The molecule has 1 aliphatic heterocycles. The van der Waals surface area contributed by atoms with Crippen molar-refractivity contribution in [2.45, 2.75) is 25.8 Å². The molecule has 0 amide bonds. The van der Waals surface area contributed by atoms with Crippen LogP contribution in [-0.4, -0.2) is 55.4 Å². The zero-order valence-electron chi connectivity index (χ0n) is 21.3. The lowest BCUT2D eigenvalue weighted by Gasteiger charge is -2.24. The average molecular weight is 533 g/mol. The first kappa shape index (κ1) is 26.9. The van der Waals surface area contributed by atoms with E-state index in [-0.39, 0.29) is 11.8 Å². The van der Waals surface area contributed by atoms with Crippen molar-refractivity contribution < 1.29 is 19.4 Å². The van der Waals surface area contributed by atoms with Crippen LogP contribution in [0.15, 0.2) is 59.7 Å². The summed E-state index contributed by atoms with van der Waals surface area (Å²) in [5.74, 6) is 1.05. The second-order valence-corrected chi connectivity index (χ2v) is 8.53. The number of rotatable bonds is 7.